The van der Waals surface area contributed by atoms with Gasteiger partial charge in [0.1, 0.15) is 6.54 Å². The van der Waals surface area contributed by atoms with Gasteiger partial charge in [0.25, 0.3) is 0 Å². The van der Waals surface area contributed by atoms with E-state index in [0.717, 1.165) is 4.90 Å². The summed E-state index contributed by atoms with van der Waals surface area (Å²) in [6.45, 7) is 0.971. The smallest absolute Gasteiger partial charge is 0.328 e. The van der Waals surface area contributed by atoms with Crippen LogP contribution in [-0.4, -0.2) is 79.1 Å². The van der Waals surface area contributed by atoms with Crippen molar-refractivity contribution in [1.29, 1.82) is 0 Å². The monoisotopic (exact) mass is 292 g/mol. The number of nitrogens with one attached hydrogen (secondary N) is 1. The number of aliphatic hydroxyl groups excluding tert-OH is 1. The molecule has 0 unspecified atom stereocenters. The molecule has 0 saturated carbocycles. The zero-order valence-corrected chi connectivity index (χ0v) is 11.5. The molecule has 0 saturated heterocycles. The van der Waals surface area contributed by atoms with Gasteiger partial charge in [-0.25, -0.2) is 9.59 Å². The maximum atomic E-state index is 11.8. The number of carbonyl (C=O) groups excluding carboxylic acids is 2. The highest BCUT2D eigenvalue weighted by molar-refractivity contribution is 5.85. The van der Waals surface area contributed by atoms with E-state index in [9.17, 15) is 14.4 Å². The molecule has 0 rings (SSSR count). The topological polar surface area (TPSA) is 125 Å². The fourth-order valence-electron chi connectivity index (χ4n) is 1.24. The molecule has 0 radical (unpaired) electrons. The number of urea groups is 1. The molecule has 20 heavy (non-hydrogen) atoms. The first-order chi connectivity index (χ1) is 9.46. The lowest BCUT2D eigenvalue weighted by Gasteiger charge is -2.23. The summed E-state index contributed by atoms with van der Waals surface area (Å²) in [7, 11) is 1.42. The summed E-state index contributed by atoms with van der Waals surface area (Å²) in [5.41, 5.74) is 0. The lowest BCUT2D eigenvalue weighted by atomic mass is 10.3. The van der Waals surface area contributed by atoms with Crippen LogP contribution in [0, 0.1) is 0 Å². The Morgan fingerprint density at radius 1 is 1.35 bits per heavy atom. The van der Waals surface area contributed by atoms with Crippen molar-refractivity contribution >= 4 is 18.0 Å². The highest BCUT2D eigenvalue weighted by Crippen LogP contribution is 1.95. The second-order valence-electron chi connectivity index (χ2n) is 3.74. The Bertz CT molecular complexity index is 335. The predicted molar refractivity (Wildman–Crippen MR) is 67.1 cm³/mol. The largest absolute Gasteiger partial charge is 0.480 e. The molecule has 0 aliphatic heterocycles. The second-order valence-corrected chi connectivity index (χ2v) is 3.74. The van der Waals surface area contributed by atoms with Gasteiger partial charge in [-0.3, -0.25) is 4.79 Å². The number of hydrogen-bond acceptors (Lipinski definition) is 6. The molecule has 0 fully saturated rings. The second kappa shape index (κ2) is 9.98. The molecule has 116 valence electrons. The molecule has 9 nitrogen and oxygen atoms in total. The van der Waals surface area contributed by atoms with Gasteiger partial charge in [0.2, 0.25) is 0 Å². The van der Waals surface area contributed by atoms with Crippen molar-refractivity contribution in [2.45, 2.75) is 13.0 Å². The number of carboxylic acids is 1. The lowest BCUT2D eigenvalue weighted by molar-refractivity contribution is -0.143. The molecule has 0 heterocycles. The van der Waals surface area contributed by atoms with Gasteiger partial charge in [0.05, 0.1) is 19.8 Å². The minimum atomic E-state index is -1.44. The summed E-state index contributed by atoms with van der Waals surface area (Å²) >= 11 is 0. The van der Waals surface area contributed by atoms with Crippen LogP contribution in [0.5, 0.6) is 0 Å². The number of hydrogen-bond donors (Lipinski definition) is 3. The maximum Gasteiger partial charge on any atom is 0.328 e. The number of aliphatic carboxylic acids is 1. The summed E-state index contributed by atoms with van der Waals surface area (Å²) in [4.78, 5) is 35.0. The normalized spacial score (nSPS) is 11.6. The van der Waals surface area contributed by atoms with Crippen LogP contribution in [0.3, 0.4) is 0 Å². The van der Waals surface area contributed by atoms with E-state index in [1.54, 1.807) is 6.92 Å². The van der Waals surface area contributed by atoms with Gasteiger partial charge in [-0.2, -0.15) is 0 Å². The third kappa shape index (κ3) is 6.90. The Morgan fingerprint density at radius 2 is 2.00 bits per heavy atom. The van der Waals surface area contributed by atoms with Crippen molar-refractivity contribution in [1.82, 2.24) is 10.2 Å². The van der Waals surface area contributed by atoms with E-state index in [2.05, 4.69) is 5.32 Å². The van der Waals surface area contributed by atoms with Gasteiger partial charge < -0.3 is 29.9 Å². The van der Waals surface area contributed by atoms with Crippen LogP contribution in [0.25, 0.3) is 0 Å². The zero-order chi connectivity index (χ0) is 15.5. The van der Waals surface area contributed by atoms with Crippen molar-refractivity contribution in [2.75, 3.05) is 40.0 Å². The predicted octanol–water partition coefficient (Wildman–Crippen LogP) is -1.35. The lowest BCUT2D eigenvalue weighted by Crippen LogP contribution is -2.51. The van der Waals surface area contributed by atoms with E-state index < -0.39 is 30.6 Å². The first-order valence-electron chi connectivity index (χ1n) is 5.99. The van der Waals surface area contributed by atoms with E-state index in [-0.39, 0.29) is 26.3 Å². The van der Waals surface area contributed by atoms with Crippen molar-refractivity contribution in [3.05, 3.63) is 0 Å². The molecule has 0 aliphatic rings. The van der Waals surface area contributed by atoms with Crippen LogP contribution in [0.1, 0.15) is 6.92 Å². The van der Waals surface area contributed by atoms with Crippen LogP contribution >= 0.6 is 0 Å². The van der Waals surface area contributed by atoms with Gasteiger partial charge in [0.15, 0.2) is 6.04 Å². The van der Waals surface area contributed by atoms with Gasteiger partial charge in [-0.05, 0) is 6.92 Å². The average molecular weight is 292 g/mol. The number of carboxylic acid groups (broad SMARTS) is 1. The summed E-state index contributed by atoms with van der Waals surface area (Å²) in [5, 5.41) is 19.7. The Morgan fingerprint density at radius 3 is 2.45 bits per heavy atom. The fourth-order valence-corrected chi connectivity index (χ4v) is 1.24. The minimum absolute atomic E-state index is 0.0823. The number of aliphatic hydroxyl groups is 1. The quantitative estimate of drug-likeness (QED) is 0.449. The number of nitrogens with zero attached hydrogens (tertiary/aromatic N) is 1. The van der Waals surface area contributed by atoms with Gasteiger partial charge in [0, 0.05) is 13.7 Å². The Kier molecular flexibility index (Phi) is 9.05. The molecule has 0 spiro atoms. The highest BCUT2D eigenvalue weighted by atomic mass is 16.5. The number of ether oxygens (including phenoxy) is 2. The van der Waals surface area contributed by atoms with E-state index in [1.807, 2.05) is 0 Å². The van der Waals surface area contributed by atoms with Crippen molar-refractivity contribution in [3.8, 4) is 0 Å². The molecule has 0 aliphatic carbocycles. The van der Waals surface area contributed by atoms with Gasteiger partial charge in [-0.15, -0.1) is 0 Å². The van der Waals surface area contributed by atoms with Crippen molar-refractivity contribution in [3.63, 3.8) is 0 Å². The molecule has 2 amide bonds. The van der Waals surface area contributed by atoms with Gasteiger partial charge >= 0.3 is 18.0 Å². The summed E-state index contributed by atoms with van der Waals surface area (Å²) in [6, 6.07) is -2.23. The van der Waals surface area contributed by atoms with Crippen LogP contribution in [-0.2, 0) is 19.1 Å². The highest BCUT2D eigenvalue weighted by Gasteiger charge is 2.24. The standard InChI is InChI=1S/C11H20N2O7/c1-3-20-9(15)6-13(4-5-19-2)11(18)12-8(7-14)10(16)17/h8,14H,3-7H2,1-2H3,(H,12,18)(H,16,17)/t8-/m0/s1. The molecule has 0 bridgehead atoms. The van der Waals surface area contributed by atoms with Crippen molar-refractivity contribution in [2.24, 2.45) is 0 Å². The summed E-state index contributed by atoms with van der Waals surface area (Å²) < 4.78 is 9.52. The number of carbonyl (C=O) groups is 3. The van der Waals surface area contributed by atoms with Crippen LogP contribution < -0.4 is 5.32 Å². The third-order valence-corrected chi connectivity index (χ3v) is 2.26. The summed E-state index contributed by atoms with van der Waals surface area (Å²) in [6.07, 6.45) is 0. The number of esters is 1. The molecular weight excluding hydrogens is 272 g/mol. The fraction of sp³-hybridized carbons (Fsp3) is 0.727. The van der Waals surface area contributed by atoms with Crippen LogP contribution in [0.15, 0.2) is 0 Å². The number of methoxy groups -OCH3 is 1. The first-order valence-corrected chi connectivity index (χ1v) is 5.99. The number of rotatable bonds is 9. The van der Waals surface area contributed by atoms with E-state index in [4.69, 9.17) is 19.7 Å². The molecule has 0 aromatic heterocycles. The van der Waals surface area contributed by atoms with Crippen LogP contribution in [0.2, 0.25) is 0 Å². The molecule has 0 aromatic rings. The molecule has 1 atom stereocenters. The van der Waals surface area contributed by atoms with E-state index in [0.29, 0.717) is 0 Å². The zero-order valence-electron chi connectivity index (χ0n) is 11.5. The van der Waals surface area contributed by atoms with Gasteiger partial charge in [-0.1, -0.05) is 0 Å². The Hall–Kier alpha value is -1.87. The van der Waals surface area contributed by atoms with E-state index >= 15 is 0 Å². The Balaban J connectivity index is 4.61. The molecule has 9 heteroatoms. The maximum absolute atomic E-state index is 11.8. The Labute approximate surface area is 116 Å². The minimum Gasteiger partial charge on any atom is -0.480 e. The molecular formula is C11H20N2O7. The van der Waals surface area contributed by atoms with Crippen molar-refractivity contribution < 1.29 is 34.1 Å². The average Bonchev–Trinajstić information content (AvgIpc) is 2.40. The number of amides is 2. The van der Waals surface area contributed by atoms with E-state index in [1.165, 1.54) is 7.11 Å². The first kappa shape index (κ1) is 18.1. The molecule has 0 aromatic carbocycles. The summed E-state index contributed by atoms with van der Waals surface area (Å²) in [5.74, 6) is -1.99. The third-order valence-electron chi connectivity index (χ3n) is 2.26. The molecule has 3 N–H and O–H groups in total. The van der Waals surface area contributed by atoms with Crippen LogP contribution in [0.4, 0.5) is 4.79 Å². The SMILES string of the molecule is CCOC(=O)CN(CCOC)C(=O)N[C@@H](CO)C(=O)O.